The van der Waals surface area contributed by atoms with Gasteiger partial charge >= 0.3 is 0 Å². The molecule has 1 N–H and O–H groups in total. The lowest BCUT2D eigenvalue weighted by Crippen LogP contribution is -2.49. The van der Waals surface area contributed by atoms with E-state index < -0.39 is 10.0 Å². The first kappa shape index (κ1) is 23.4. The number of carbonyl (C=O) groups excluding carboxylic acids is 1. The highest BCUT2D eigenvalue weighted by Crippen LogP contribution is 2.28. The summed E-state index contributed by atoms with van der Waals surface area (Å²) in [4.78, 5) is 17.0. The van der Waals surface area contributed by atoms with Gasteiger partial charge in [0.1, 0.15) is 10.6 Å². The lowest BCUT2D eigenvalue weighted by atomic mass is 10.1. The Morgan fingerprint density at radius 2 is 1.81 bits per heavy atom. The van der Waals surface area contributed by atoms with Crippen LogP contribution < -0.4 is 14.4 Å². The van der Waals surface area contributed by atoms with Crippen molar-refractivity contribution in [3.63, 3.8) is 0 Å². The zero-order valence-electron chi connectivity index (χ0n) is 18.0. The minimum atomic E-state index is -3.77. The molecule has 1 aliphatic heterocycles. The van der Waals surface area contributed by atoms with E-state index in [4.69, 9.17) is 16.3 Å². The van der Waals surface area contributed by atoms with E-state index in [0.717, 1.165) is 11.3 Å². The SMILES string of the molecule is CCNS(=O)(=O)c1cc(C(=O)N2CCN(c3cc(Cl)ccc3C)CC2)ccc1OCC. The van der Waals surface area contributed by atoms with Crippen LogP contribution in [0.1, 0.15) is 29.8 Å². The summed E-state index contributed by atoms with van der Waals surface area (Å²) in [6, 6.07) is 10.4. The van der Waals surface area contributed by atoms with Gasteiger partial charge in [0.2, 0.25) is 10.0 Å². The molecule has 0 aromatic heterocycles. The molecule has 0 aliphatic carbocycles. The molecule has 1 fully saturated rings. The number of piperazine rings is 1. The highest BCUT2D eigenvalue weighted by Gasteiger charge is 2.26. The first-order chi connectivity index (χ1) is 14.8. The Morgan fingerprint density at radius 1 is 1.10 bits per heavy atom. The third kappa shape index (κ3) is 5.31. The molecule has 0 bridgehead atoms. The normalized spacial score (nSPS) is 14.6. The number of hydrogen-bond donors (Lipinski definition) is 1. The van der Waals surface area contributed by atoms with Crippen LogP contribution in [0.3, 0.4) is 0 Å². The van der Waals surface area contributed by atoms with E-state index in [1.54, 1.807) is 30.9 Å². The summed E-state index contributed by atoms with van der Waals surface area (Å²) in [6.07, 6.45) is 0. The number of hydrogen-bond acceptors (Lipinski definition) is 5. The second-order valence-electron chi connectivity index (χ2n) is 7.31. The van der Waals surface area contributed by atoms with Gasteiger partial charge in [-0.15, -0.1) is 0 Å². The van der Waals surface area contributed by atoms with E-state index >= 15 is 0 Å². The summed E-state index contributed by atoms with van der Waals surface area (Å²) in [5.74, 6) is 0.0414. The van der Waals surface area contributed by atoms with Crippen molar-refractivity contribution in [3.05, 3.63) is 52.5 Å². The molecule has 168 valence electrons. The number of anilines is 1. The predicted molar refractivity (Wildman–Crippen MR) is 123 cm³/mol. The van der Waals surface area contributed by atoms with Crippen molar-refractivity contribution in [2.45, 2.75) is 25.7 Å². The maximum absolute atomic E-state index is 13.1. The van der Waals surface area contributed by atoms with Gasteiger partial charge in [-0.2, -0.15) is 0 Å². The molecule has 0 unspecified atom stereocenters. The van der Waals surface area contributed by atoms with E-state index in [9.17, 15) is 13.2 Å². The Bertz CT molecular complexity index is 1050. The fourth-order valence-electron chi connectivity index (χ4n) is 3.65. The molecule has 1 aliphatic rings. The number of amides is 1. The highest BCUT2D eigenvalue weighted by atomic mass is 35.5. The van der Waals surface area contributed by atoms with Crippen molar-refractivity contribution >= 4 is 33.2 Å². The molecule has 1 saturated heterocycles. The molecule has 7 nitrogen and oxygen atoms in total. The lowest BCUT2D eigenvalue weighted by molar-refractivity contribution is 0.0746. The molecule has 0 radical (unpaired) electrons. The average Bonchev–Trinajstić information content (AvgIpc) is 2.75. The Labute approximate surface area is 189 Å². The van der Waals surface area contributed by atoms with E-state index in [-0.39, 0.29) is 23.1 Å². The van der Waals surface area contributed by atoms with Crippen LogP contribution in [-0.2, 0) is 10.0 Å². The number of rotatable bonds is 7. The summed E-state index contributed by atoms with van der Waals surface area (Å²) < 4.78 is 33.1. The molecular formula is C22H28ClN3O4S. The van der Waals surface area contributed by atoms with Gasteiger partial charge in [-0.05, 0) is 49.7 Å². The topological polar surface area (TPSA) is 79.0 Å². The fraction of sp³-hybridized carbons (Fsp3) is 0.409. The first-order valence-corrected chi connectivity index (χ1v) is 12.2. The van der Waals surface area contributed by atoms with Crippen LogP contribution in [0.25, 0.3) is 0 Å². The molecule has 0 atom stereocenters. The van der Waals surface area contributed by atoms with Crippen LogP contribution in [0.2, 0.25) is 5.02 Å². The molecule has 0 saturated carbocycles. The molecule has 2 aromatic rings. The molecule has 2 aromatic carbocycles. The third-order valence-electron chi connectivity index (χ3n) is 5.19. The number of aryl methyl sites for hydroxylation is 1. The fourth-order valence-corrected chi connectivity index (χ4v) is 5.03. The van der Waals surface area contributed by atoms with E-state index in [0.29, 0.717) is 43.4 Å². The summed E-state index contributed by atoms with van der Waals surface area (Å²) in [6.45, 7) is 8.51. The largest absolute Gasteiger partial charge is 0.492 e. The van der Waals surface area contributed by atoms with Gasteiger partial charge < -0.3 is 14.5 Å². The summed E-state index contributed by atoms with van der Waals surface area (Å²) >= 11 is 6.15. The van der Waals surface area contributed by atoms with E-state index in [2.05, 4.69) is 9.62 Å². The quantitative estimate of drug-likeness (QED) is 0.678. The van der Waals surface area contributed by atoms with Gasteiger partial charge in [-0.25, -0.2) is 13.1 Å². The zero-order chi connectivity index (χ0) is 22.6. The van der Waals surface area contributed by atoms with E-state index in [1.807, 2.05) is 25.1 Å². The molecule has 0 spiro atoms. The van der Waals surface area contributed by atoms with Crippen LogP contribution in [-0.4, -0.2) is 58.6 Å². The van der Waals surface area contributed by atoms with Crippen molar-refractivity contribution in [1.29, 1.82) is 0 Å². The number of nitrogens with one attached hydrogen (secondary N) is 1. The van der Waals surface area contributed by atoms with Gasteiger partial charge in [0.25, 0.3) is 5.91 Å². The van der Waals surface area contributed by atoms with Gasteiger partial charge in [0, 0.05) is 49.0 Å². The average molecular weight is 466 g/mol. The third-order valence-corrected chi connectivity index (χ3v) is 7.00. The maximum Gasteiger partial charge on any atom is 0.254 e. The van der Waals surface area contributed by atoms with Crippen LogP contribution >= 0.6 is 11.6 Å². The molecular weight excluding hydrogens is 438 g/mol. The number of carbonyl (C=O) groups is 1. The minimum absolute atomic E-state index is 0.0183. The first-order valence-electron chi connectivity index (χ1n) is 10.3. The molecule has 9 heteroatoms. The lowest BCUT2D eigenvalue weighted by Gasteiger charge is -2.37. The number of ether oxygens (including phenoxy) is 1. The number of sulfonamides is 1. The monoisotopic (exact) mass is 465 g/mol. The Balaban J connectivity index is 1.78. The van der Waals surface area contributed by atoms with Crippen molar-refractivity contribution in [1.82, 2.24) is 9.62 Å². The minimum Gasteiger partial charge on any atom is -0.492 e. The highest BCUT2D eigenvalue weighted by molar-refractivity contribution is 7.89. The number of nitrogens with zero attached hydrogens (tertiary/aromatic N) is 2. The van der Waals surface area contributed by atoms with Crippen molar-refractivity contribution in [2.24, 2.45) is 0 Å². The Kier molecular flexibility index (Phi) is 7.46. The number of halogens is 1. The summed E-state index contributed by atoms with van der Waals surface area (Å²) in [5.41, 5.74) is 2.53. The van der Waals surface area contributed by atoms with Crippen molar-refractivity contribution < 1.29 is 17.9 Å². The Hall–Kier alpha value is -2.29. The second kappa shape index (κ2) is 9.89. The van der Waals surface area contributed by atoms with E-state index in [1.165, 1.54) is 6.07 Å². The predicted octanol–water partition coefficient (Wildman–Crippen LogP) is 3.31. The zero-order valence-corrected chi connectivity index (χ0v) is 19.6. The van der Waals surface area contributed by atoms with Gasteiger partial charge in [0.05, 0.1) is 6.61 Å². The summed E-state index contributed by atoms with van der Waals surface area (Å²) in [5, 5.41) is 0.683. The van der Waals surface area contributed by atoms with Gasteiger partial charge in [-0.1, -0.05) is 24.6 Å². The smallest absolute Gasteiger partial charge is 0.254 e. The van der Waals surface area contributed by atoms with Crippen LogP contribution in [0.4, 0.5) is 5.69 Å². The molecule has 3 rings (SSSR count). The second-order valence-corrected chi connectivity index (χ2v) is 9.48. The van der Waals surface area contributed by atoms with Crippen molar-refractivity contribution in [3.8, 4) is 5.75 Å². The molecule has 1 amide bonds. The van der Waals surface area contributed by atoms with Crippen molar-refractivity contribution in [2.75, 3.05) is 44.2 Å². The number of benzene rings is 2. The van der Waals surface area contributed by atoms with Crippen LogP contribution in [0, 0.1) is 6.92 Å². The summed E-state index contributed by atoms with van der Waals surface area (Å²) in [7, 11) is -3.77. The van der Waals surface area contributed by atoms with Gasteiger partial charge in [-0.3, -0.25) is 4.79 Å². The maximum atomic E-state index is 13.1. The molecule has 31 heavy (non-hydrogen) atoms. The van der Waals surface area contributed by atoms with Crippen LogP contribution in [0.15, 0.2) is 41.3 Å². The molecule has 1 heterocycles. The van der Waals surface area contributed by atoms with Gasteiger partial charge in [0.15, 0.2) is 0 Å². The van der Waals surface area contributed by atoms with Crippen LogP contribution in [0.5, 0.6) is 5.75 Å². The Morgan fingerprint density at radius 3 is 2.45 bits per heavy atom. The standard InChI is InChI=1S/C22H28ClN3O4S/c1-4-24-31(28,29)21-14-17(7-9-20(21)30-5-2)22(27)26-12-10-25(11-13-26)19-15-18(23)8-6-16(19)3/h6-9,14-15,24H,4-5,10-13H2,1-3H3.